The maximum atomic E-state index is 11.7. The van der Waals surface area contributed by atoms with Crippen LogP contribution in [0.5, 0.6) is 0 Å². The van der Waals surface area contributed by atoms with E-state index in [1.807, 2.05) is 44.2 Å². The second-order valence-electron chi connectivity index (χ2n) is 6.72. The molecule has 0 radical (unpaired) electrons. The van der Waals surface area contributed by atoms with Crippen molar-refractivity contribution in [1.82, 2.24) is 4.90 Å². The fraction of sp³-hybridized carbons (Fsp3) is 0.588. The summed E-state index contributed by atoms with van der Waals surface area (Å²) in [5.74, 6) is -0.638. The van der Waals surface area contributed by atoms with E-state index in [0.29, 0.717) is 26.1 Å². The van der Waals surface area contributed by atoms with Gasteiger partial charge in [0.05, 0.1) is 11.0 Å². The van der Waals surface area contributed by atoms with Crippen LogP contribution in [0.2, 0.25) is 0 Å². The lowest BCUT2D eigenvalue weighted by atomic mass is 9.76. The Bertz CT molecular complexity index is 498. The summed E-state index contributed by atoms with van der Waals surface area (Å²) < 4.78 is 0. The van der Waals surface area contributed by atoms with E-state index in [-0.39, 0.29) is 5.92 Å². The quantitative estimate of drug-likeness (QED) is 0.874. The van der Waals surface area contributed by atoms with Gasteiger partial charge in [-0.1, -0.05) is 44.2 Å². The molecule has 2 rings (SSSR count). The Morgan fingerprint density at radius 2 is 2.00 bits per heavy atom. The molecular weight excluding hydrogens is 266 g/mol. The van der Waals surface area contributed by atoms with Crippen molar-refractivity contribution in [3.8, 4) is 0 Å². The maximum Gasteiger partial charge on any atom is 0.311 e. The number of aliphatic carboxylic acids is 1. The first kappa shape index (κ1) is 16.0. The molecule has 1 aromatic rings. The van der Waals surface area contributed by atoms with Gasteiger partial charge in [-0.2, -0.15) is 0 Å². The van der Waals surface area contributed by atoms with Crippen LogP contribution in [0.1, 0.15) is 32.8 Å². The highest BCUT2D eigenvalue weighted by Gasteiger charge is 2.48. The van der Waals surface area contributed by atoms with Crippen molar-refractivity contribution in [2.75, 3.05) is 19.6 Å². The second kappa shape index (κ2) is 5.78. The van der Waals surface area contributed by atoms with Crippen molar-refractivity contribution in [2.24, 2.45) is 11.3 Å². The molecule has 21 heavy (non-hydrogen) atoms. The summed E-state index contributed by atoms with van der Waals surface area (Å²) in [5, 5.41) is 20.3. The van der Waals surface area contributed by atoms with Gasteiger partial charge in [0.1, 0.15) is 0 Å². The van der Waals surface area contributed by atoms with Gasteiger partial charge in [-0.25, -0.2) is 0 Å². The van der Waals surface area contributed by atoms with E-state index in [1.54, 1.807) is 6.92 Å². The SMILES string of the molecule is CC(C)C1(C(=O)O)CCN(CC(C)(O)c2ccccc2)C1. The first-order valence-electron chi connectivity index (χ1n) is 7.51. The van der Waals surface area contributed by atoms with Crippen molar-refractivity contribution in [3.05, 3.63) is 35.9 Å². The highest BCUT2D eigenvalue weighted by Crippen LogP contribution is 2.39. The van der Waals surface area contributed by atoms with E-state index in [9.17, 15) is 15.0 Å². The molecule has 116 valence electrons. The Kier molecular flexibility index (Phi) is 4.40. The summed E-state index contributed by atoms with van der Waals surface area (Å²) in [6.07, 6.45) is 0.644. The summed E-state index contributed by atoms with van der Waals surface area (Å²) in [6, 6.07) is 9.54. The predicted molar refractivity (Wildman–Crippen MR) is 82.0 cm³/mol. The minimum atomic E-state index is -0.965. The molecule has 1 saturated heterocycles. The van der Waals surface area contributed by atoms with E-state index in [0.717, 1.165) is 5.56 Å². The van der Waals surface area contributed by atoms with E-state index < -0.39 is 17.0 Å². The van der Waals surface area contributed by atoms with Gasteiger partial charge in [0, 0.05) is 13.1 Å². The van der Waals surface area contributed by atoms with Crippen LogP contribution in [0.15, 0.2) is 30.3 Å². The Hall–Kier alpha value is -1.39. The van der Waals surface area contributed by atoms with Gasteiger partial charge in [0.25, 0.3) is 0 Å². The molecule has 0 saturated carbocycles. The molecule has 2 unspecified atom stereocenters. The average molecular weight is 291 g/mol. The molecule has 2 N–H and O–H groups in total. The molecule has 0 spiro atoms. The minimum absolute atomic E-state index is 0.0849. The molecule has 4 nitrogen and oxygen atoms in total. The smallest absolute Gasteiger partial charge is 0.311 e. The highest BCUT2D eigenvalue weighted by atomic mass is 16.4. The average Bonchev–Trinajstić information content (AvgIpc) is 2.84. The van der Waals surface area contributed by atoms with Gasteiger partial charge >= 0.3 is 5.97 Å². The van der Waals surface area contributed by atoms with Gasteiger partial charge in [0.15, 0.2) is 0 Å². The predicted octanol–water partition coefficient (Wildman–Crippen LogP) is 2.33. The van der Waals surface area contributed by atoms with Crippen molar-refractivity contribution in [2.45, 2.75) is 32.8 Å². The second-order valence-corrected chi connectivity index (χ2v) is 6.72. The van der Waals surface area contributed by atoms with E-state index in [2.05, 4.69) is 4.90 Å². The summed E-state index contributed by atoms with van der Waals surface area (Å²) >= 11 is 0. The zero-order chi connectivity index (χ0) is 15.7. The standard InChI is InChI=1S/C17H25NO3/c1-13(2)17(15(19)20)9-10-18(12-17)11-16(3,21)14-7-5-4-6-8-14/h4-8,13,21H,9-12H2,1-3H3,(H,19,20). The first-order valence-corrected chi connectivity index (χ1v) is 7.51. The molecule has 0 aliphatic carbocycles. The van der Waals surface area contributed by atoms with Crippen LogP contribution in [-0.4, -0.2) is 40.7 Å². The number of hydrogen-bond acceptors (Lipinski definition) is 3. The Balaban J connectivity index is 2.10. The third-order valence-corrected chi connectivity index (χ3v) is 4.84. The number of benzene rings is 1. The zero-order valence-electron chi connectivity index (χ0n) is 13.0. The van der Waals surface area contributed by atoms with Crippen LogP contribution in [0.4, 0.5) is 0 Å². The van der Waals surface area contributed by atoms with Gasteiger partial charge in [-0.15, -0.1) is 0 Å². The third kappa shape index (κ3) is 3.11. The number of aliphatic hydroxyl groups is 1. The van der Waals surface area contributed by atoms with Crippen molar-refractivity contribution in [1.29, 1.82) is 0 Å². The zero-order valence-corrected chi connectivity index (χ0v) is 13.0. The Labute approximate surface area is 126 Å². The molecule has 1 aromatic carbocycles. The molecular formula is C17H25NO3. The largest absolute Gasteiger partial charge is 0.481 e. The molecule has 1 aliphatic rings. The highest BCUT2D eigenvalue weighted by molar-refractivity contribution is 5.75. The van der Waals surface area contributed by atoms with Gasteiger partial charge in [-0.3, -0.25) is 9.69 Å². The molecule has 0 amide bonds. The number of carboxylic acids is 1. The van der Waals surface area contributed by atoms with Crippen LogP contribution in [0.25, 0.3) is 0 Å². The lowest BCUT2D eigenvalue weighted by Crippen LogP contribution is -2.42. The number of carbonyl (C=O) groups is 1. The van der Waals surface area contributed by atoms with E-state index >= 15 is 0 Å². The lowest BCUT2D eigenvalue weighted by molar-refractivity contribution is -0.151. The fourth-order valence-electron chi connectivity index (χ4n) is 3.27. The topological polar surface area (TPSA) is 60.8 Å². The Morgan fingerprint density at radius 3 is 2.48 bits per heavy atom. The summed E-state index contributed by atoms with van der Waals surface area (Å²) in [6.45, 7) is 7.40. The lowest BCUT2D eigenvalue weighted by Gasteiger charge is -2.32. The molecule has 4 heteroatoms. The summed E-state index contributed by atoms with van der Waals surface area (Å²) in [7, 11) is 0. The van der Waals surface area contributed by atoms with E-state index in [4.69, 9.17) is 0 Å². The monoisotopic (exact) mass is 291 g/mol. The summed E-state index contributed by atoms with van der Waals surface area (Å²) in [4.78, 5) is 13.7. The number of nitrogens with zero attached hydrogens (tertiary/aromatic N) is 1. The number of likely N-dealkylation sites (tertiary alicyclic amines) is 1. The molecule has 1 heterocycles. The number of carboxylic acid groups (broad SMARTS) is 1. The summed E-state index contributed by atoms with van der Waals surface area (Å²) in [5.41, 5.74) is -0.790. The third-order valence-electron chi connectivity index (χ3n) is 4.84. The number of rotatable bonds is 5. The molecule has 0 bridgehead atoms. The van der Waals surface area contributed by atoms with Crippen LogP contribution in [0, 0.1) is 11.3 Å². The maximum absolute atomic E-state index is 11.7. The van der Waals surface area contributed by atoms with Gasteiger partial charge < -0.3 is 10.2 Å². The molecule has 2 atom stereocenters. The van der Waals surface area contributed by atoms with Crippen LogP contribution >= 0.6 is 0 Å². The van der Waals surface area contributed by atoms with Crippen molar-refractivity contribution in [3.63, 3.8) is 0 Å². The van der Waals surface area contributed by atoms with Gasteiger partial charge in [-0.05, 0) is 31.4 Å². The molecule has 1 aliphatic heterocycles. The minimum Gasteiger partial charge on any atom is -0.481 e. The molecule has 0 aromatic heterocycles. The Morgan fingerprint density at radius 1 is 1.38 bits per heavy atom. The van der Waals surface area contributed by atoms with Crippen molar-refractivity contribution < 1.29 is 15.0 Å². The van der Waals surface area contributed by atoms with Crippen LogP contribution in [-0.2, 0) is 10.4 Å². The normalized spacial score (nSPS) is 26.0. The number of hydrogen-bond donors (Lipinski definition) is 2. The first-order chi connectivity index (χ1) is 9.78. The van der Waals surface area contributed by atoms with Crippen LogP contribution < -0.4 is 0 Å². The van der Waals surface area contributed by atoms with Crippen LogP contribution in [0.3, 0.4) is 0 Å². The van der Waals surface area contributed by atoms with Crippen molar-refractivity contribution >= 4 is 5.97 Å². The number of β-amino-alcohol motifs (C(OH)–C–C–N with tert-alkyl or cyclic N) is 1. The van der Waals surface area contributed by atoms with Gasteiger partial charge in [0.2, 0.25) is 0 Å². The fourth-order valence-corrected chi connectivity index (χ4v) is 3.27. The van der Waals surface area contributed by atoms with E-state index in [1.165, 1.54) is 0 Å². The molecule has 1 fully saturated rings.